The summed E-state index contributed by atoms with van der Waals surface area (Å²) in [5.41, 5.74) is 1.06. The number of aliphatic imine (C=N–C) groups is 1. The number of hydrogen-bond donors (Lipinski definition) is 1. The molecule has 1 fully saturated rings. The molecule has 27 heavy (non-hydrogen) atoms. The van der Waals surface area contributed by atoms with Gasteiger partial charge in [-0.25, -0.2) is 9.98 Å². The summed E-state index contributed by atoms with van der Waals surface area (Å²) in [4.78, 5) is 14.0. The summed E-state index contributed by atoms with van der Waals surface area (Å²) < 4.78 is 9.81. The highest BCUT2D eigenvalue weighted by molar-refractivity contribution is 7.09. The molecular formula is C19H28N6OS. The maximum absolute atomic E-state index is 5.41. The molecule has 146 valence electrons. The van der Waals surface area contributed by atoms with Crippen LogP contribution in [-0.4, -0.2) is 59.5 Å². The smallest absolute Gasteiger partial charge is 0.205 e. The number of piperazine rings is 1. The first kappa shape index (κ1) is 19.4. The van der Waals surface area contributed by atoms with Crippen LogP contribution in [0.15, 0.2) is 40.0 Å². The third-order valence-electron chi connectivity index (χ3n) is 4.36. The highest BCUT2D eigenvalue weighted by Crippen LogP contribution is 2.19. The van der Waals surface area contributed by atoms with Crippen LogP contribution in [0.3, 0.4) is 0 Å². The van der Waals surface area contributed by atoms with Gasteiger partial charge in [-0.15, -0.1) is 0 Å². The van der Waals surface area contributed by atoms with E-state index >= 15 is 0 Å². The standard InChI is InChI=1S/C19H28N6OS/c1-4-17-22-19(27-23-17)25-11-9-24(10-12-25)18(21-14-15(2)3)20-8-7-16-6-5-13-26-16/h5-6,13H,2,4,7-12,14H2,1,3H3,(H,20,21). The maximum atomic E-state index is 5.41. The molecular weight excluding hydrogens is 360 g/mol. The average Bonchev–Trinajstić information content (AvgIpc) is 3.36. The Morgan fingerprint density at radius 2 is 2.19 bits per heavy atom. The number of aromatic nitrogens is 2. The van der Waals surface area contributed by atoms with Crippen molar-refractivity contribution in [2.24, 2.45) is 4.99 Å². The SMILES string of the molecule is C=C(C)CN=C(NCCc1ccco1)N1CCN(c2nc(CC)ns2)CC1. The van der Waals surface area contributed by atoms with Gasteiger partial charge in [0, 0.05) is 57.1 Å². The van der Waals surface area contributed by atoms with Crippen LogP contribution < -0.4 is 10.2 Å². The molecule has 2 aromatic rings. The third kappa shape index (κ3) is 5.56. The summed E-state index contributed by atoms with van der Waals surface area (Å²) in [6, 6.07) is 3.92. The van der Waals surface area contributed by atoms with E-state index in [1.54, 1.807) is 6.26 Å². The average molecular weight is 389 g/mol. The van der Waals surface area contributed by atoms with E-state index in [2.05, 4.69) is 38.0 Å². The molecule has 1 aliphatic rings. The lowest BCUT2D eigenvalue weighted by molar-refractivity contribution is 0.371. The molecule has 3 rings (SSSR count). The fraction of sp³-hybridized carbons (Fsp3) is 0.526. The predicted octanol–water partition coefficient (Wildman–Crippen LogP) is 2.58. The van der Waals surface area contributed by atoms with Crippen molar-refractivity contribution in [3.63, 3.8) is 0 Å². The largest absolute Gasteiger partial charge is 0.469 e. The van der Waals surface area contributed by atoms with Gasteiger partial charge in [-0.3, -0.25) is 0 Å². The van der Waals surface area contributed by atoms with Gasteiger partial charge in [0.05, 0.1) is 12.8 Å². The molecule has 1 aliphatic heterocycles. The van der Waals surface area contributed by atoms with Gasteiger partial charge in [-0.05, 0) is 19.1 Å². The Bertz CT molecular complexity index is 746. The molecule has 0 radical (unpaired) electrons. The Morgan fingerprint density at radius 1 is 1.37 bits per heavy atom. The van der Waals surface area contributed by atoms with Gasteiger partial charge in [-0.1, -0.05) is 19.1 Å². The predicted molar refractivity (Wildman–Crippen MR) is 111 cm³/mol. The van der Waals surface area contributed by atoms with Crippen LogP contribution in [0.5, 0.6) is 0 Å². The molecule has 0 atom stereocenters. The highest BCUT2D eigenvalue weighted by Gasteiger charge is 2.22. The van der Waals surface area contributed by atoms with Gasteiger partial charge in [0.15, 0.2) is 5.96 Å². The summed E-state index contributed by atoms with van der Waals surface area (Å²) in [6.45, 7) is 13.1. The van der Waals surface area contributed by atoms with Crippen molar-refractivity contribution in [2.45, 2.75) is 26.7 Å². The molecule has 3 heterocycles. The third-order valence-corrected chi connectivity index (χ3v) is 5.17. The van der Waals surface area contributed by atoms with E-state index in [9.17, 15) is 0 Å². The molecule has 0 spiro atoms. The minimum Gasteiger partial charge on any atom is -0.469 e. The second-order valence-corrected chi connectivity index (χ2v) is 7.40. The van der Waals surface area contributed by atoms with Gasteiger partial charge in [-0.2, -0.15) is 4.37 Å². The molecule has 0 amide bonds. The second-order valence-electron chi connectivity index (χ2n) is 6.67. The van der Waals surface area contributed by atoms with E-state index in [0.29, 0.717) is 6.54 Å². The van der Waals surface area contributed by atoms with Crippen molar-refractivity contribution in [1.29, 1.82) is 0 Å². The van der Waals surface area contributed by atoms with Crippen molar-refractivity contribution in [1.82, 2.24) is 19.6 Å². The van der Waals surface area contributed by atoms with E-state index in [-0.39, 0.29) is 0 Å². The van der Waals surface area contributed by atoms with Crippen molar-refractivity contribution in [3.05, 3.63) is 42.1 Å². The molecule has 8 heteroatoms. The molecule has 1 saturated heterocycles. The Morgan fingerprint density at radius 3 is 2.81 bits per heavy atom. The van der Waals surface area contributed by atoms with Gasteiger partial charge >= 0.3 is 0 Å². The first-order chi connectivity index (χ1) is 13.2. The molecule has 0 saturated carbocycles. The number of nitrogens with zero attached hydrogens (tertiary/aromatic N) is 5. The summed E-state index contributed by atoms with van der Waals surface area (Å²) in [6.07, 6.45) is 3.43. The zero-order chi connectivity index (χ0) is 19.1. The normalized spacial score (nSPS) is 15.3. The zero-order valence-corrected chi connectivity index (χ0v) is 17.0. The maximum Gasteiger partial charge on any atom is 0.205 e. The first-order valence-electron chi connectivity index (χ1n) is 9.43. The fourth-order valence-corrected chi connectivity index (χ4v) is 3.66. The highest BCUT2D eigenvalue weighted by atomic mass is 32.1. The van der Waals surface area contributed by atoms with E-state index in [1.807, 2.05) is 19.1 Å². The van der Waals surface area contributed by atoms with Gasteiger partial charge < -0.3 is 19.5 Å². The Balaban J connectivity index is 1.56. The second kappa shape index (κ2) is 9.55. The van der Waals surface area contributed by atoms with Crippen molar-refractivity contribution in [3.8, 4) is 0 Å². The van der Waals surface area contributed by atoms with Crippen LogP contribution in [0, 0.1) is 0 Å². The molecule has 0 bridgehead atoms. The van der Waals surface area contributed by atoms with Crippen molar-refractivity contribution >= 4 is 22.6 Å². The van der Waals surface area contributed by atoms with Crippen molar-refractivity contribution < 1.29 is 4.42 Å². The number of aryl methyl sites for hydroxylation is 1. The molecule has 0 unspecified atom stereocenters. The topological polar surface area (TPSA) is 69.8 Å². The number of anilines is 1. The summed E-state index contributed by atoms with van der Waals surface area (Å²) in [7, 11) is 0. The summed E-state index contributed by atoms with van der Waals surface area (Å²) >= 11 is 1.50. The molecule has 0 aromatic carbocycles. The summed E-state index contributed by atoms with van der Waals surface area (Å²) in [5, 5.41) is 4.51. The molecule has 1 N–H and O–H groups in total. The van der Waals surface area contributed by atoms with E-state index in [0.717, 1.165) is 73.8 Å². The Labute approximate surface area is 165 Å². The van der Waals surface area contributed by atoms with E-state index in [4.69, 9.17) is 9.41 Å². The van der Waals surface area contributed by atoms with Crippen LogP contribution in [0.1, 0.15) is 25.4 Å². The lowest BCUT2D eigenvalue weighted by atomic mass is 10.3. The lowest BCUT2D eigenvalue weighted by Gasteiger charge is -2.36. The van der Waals surface area contributed by atoms with Gasteiger partial charge in [0.1, 0.15) is 11.6 Å². The van der Waals surface area contributed by atoms with Crippen LogP contribution in [-0.2, 0) is 12.8 Å². The molecule has 0 aliphatic carbocycles. The Kier molecular flexibility index (Phi) is 6.86. The van der Waals surface area contributed by atoms with E-state index in [1.165, 1.54) is 11.5 Å². The number of guanidine groups is 1. The molecule has 7 nitrogen and oxygen atoms in total. The number of rotatable bonds is 7. The van der Waals surface area contributed by atoms with Crippen LogP contribution in [0.25, 0.3) is 0 Å². The fourth-order valence-electron chi connectivity index (χ4n) is 2.86. The first-order valence-corrected chi connectivity index (χ1v) is 10.2. The van der Waals surface area contributed by atoms with Gasteiger partial charge in [0.25, 0.3) is 0 Å². The summed E-state index contributed by atoms with van der Waals surface area (Å²) in [5.74, 6) is 2.85. The van der Waals surface area contributed by atoms with Crippen LogP contribution in [0.4, 0.5) is 5.13 Å². The monoisotopic (exact) mass is 388 g/mol. The molecule has 2 aromatic heterocycles. The van der Waals surface area contributed by atoms with Crippen LogP contribution in [0.2, 0.25) is 0 Å². The van der Waals surface area contributed by atoms with Crippen molar-refractivity contribution in [2.75, 3.05) is 44.2 Å². The Hall–Kier alpha value is -2.35. The number of nitrogens with one attached hydrogen (secondary N) is 1. The van der Waals surface area contributed by atoms with Gasteiger partial charge in [0.2, 0.25) is 5.13 Å². The quantitative estimate of drug-likeness (QED) is 0.447. The zero-order valence-electron chi connectivity index (χ0n) is 16.1. The minimum absolute atomic E-state index is 0.638. The number of hydrogen-bond acceptors (Lipinski definition) is 6. The minimum atomic E-state index is 0.638. The van der Waals surface area contributed by atoms with Crippen LogP contribution >= 0.6 is 11.5 Å². The van der Waals surface area contributed by atoms with E-state index < -0.39 is 0 Å². The lowest BCUT2D eigenvalue weighted by Crippen LogP contribution is -2.53. The number of furan rings is 1.